The van der Waals surface area contributed by atoms with Crippen molar-refractivity contribution in [2.45, 2.75) is 19.6 Å². The fraction of sp³-hybridized carbons (Fsp3) is 0.333. The number of nitrogens with one attached hydrogen (secondary N) is 2. The van der Waals surface area contributed by atoms with Crippen LogP contribution in [0, 0.1) is 0 Å². The molecule has 1 aliphatic heterocycles. The van der Waals surface area contributed by atoms with Crippen LogP contribution in [0.3, 0.4) is 0 Å². The molecule has 0 radical (unpaired) electrons. The average molecular weight is 505 g/mol. The van der Waals surface area contributed by atoms with Gasteiger partial charge >= 0.3 is 6.09 Å². The molecule has 0 saturated heterocycles. The third-order valence-corrected chi connectivity index (χ3v) is 6.00. The third kappa shape index (κ3) is 6.46. The van der Waals surface area contributed by atoms with Crippen LogP contribution in [0.25, 0.3) is 0 Å². The highest BCUT2D eigenvalue weighted by molar-refractivity contribution is 5.99. The van der Waals surface area contributed by atoms with Gasteiger partial charge in [0.1, 0.15) is 23.7 Å². The van der Waals surface area contributed by atoms with Crippen LogP contribution in [0.4, 0.5) is 16.6 Å². The molecule has 3 aromatic rings. The molecule has 2 heterocycles. The smallest absolute Gasteiger partial charge is 0.407 e. The van der Waals surface area contributed by atoms with Gasteiger partial charge < -0.3 is 29.9 Å². The predicted molar refractivity (Wildman–Crippen MR) is 141 cm³/mol. The first-order chi connectivity index (χ1) is 18.0. The zero-order chi connectivity index (χ0) is 26.2. The zero-order valence-corrected chi connectivity index (χ0v) is 21.3. The summed E-state index contributed by atoms with van der Waals surface area (Å²) in [6, 6.07) is 17.2. The first-order valence-electron chi connectivity index (χ1n) is 12.2. The van der Waals surface area contributed by atoms with Crippen LogP contribution in [0.1, 0.15) is 34.5 Å². The van der Waals surface area contributed by atoms with E-state index >= 15 is 0 Å². The van der Waals surface area contributed by atoms with E-state index in [4.69, 9.17) is 9.47 Å². The molecule has 194 valence electrons. The van der Waals surface area contributed by atoms with E-state index in [1.807, 2.05) is 73.5 Å². The number of hydrogen-bond donors (Lipinski definition) is 2. The van der Waals surface area contributed by atoms with Crippen LogP contribution in [-0.2, 0) is 11.3 Å². The van der Waals surface area contributed by atoms with Crippen LogP contribution in [0.2, 0.25) is 0 Å². The maximum Gasteiger partial charge on any atom is 0.407 e. The van der Waals surface area contributed by atoms with Crippen LogP contribution in [-0.4, -0.2) is 67.2 Å². The summed E-state index contributed by atoms with van der Waals surface area (Å²) in [5, 5.41) is 5.54. The van der Waals surface area contributed by atoms with Crippen molar-refractivity contribution in [2.75, 3.05) is 50.6 Å². The molecule has 1 aliphatic rings. The molecule has 2 amide bonds. The van der Waals surface area contributed by atoms with E-state index in [0.717, 1.165) is 11.1 Å². The molecular formula is C27H32N6O4. The van der Waals surface area contributed by atoms with Crippen molar-refractivity contribution in [3.05, 3.63) is 77.5 Å². The molecule has 1 atom stereocenters. The average Bonchev–Trinajstić information content (AvgIpc) is 3.04. The Bertz CT molecular complexity index is 1210. The summed E-state index contributed by atoms with van der Waals surface area (Å²) in [5.74, 6) is 1.68. The standard InChI is InChI=1S/C27H32N6O4/c1-4-29-26-30-16-22-24(31-26)32(3)14-15-33(25(22)34)17-19-10-12-21(13-11-19)37-23(18-36-27(35)28-2)20-8-6-5-7-9-20/h5-13,16,23H,4,14-15,17-18H2,1-3H3,(H,28,35)(H,29,30,31). The van der Waals surface area contributed by atoms with Gasteiger partial charge in [-0.25, -0.2) is 9.78 Å². The minimum atomic E-state index is -0.516. The number of carbonyl (C=O) groups excluding carboxylic acids is 2. The largest absolute Gasteiger partial charge is 0.482 e. The Morgan fingerprint density at radius 1 is 1.11 bits per heavy atom. The van der Waals surface area contributed by atoms with Crippen molar-refractivity contribution in [2.24, 2.45) is 0 Å². The van der Waals surface area contributed by atoms with Crippen molar-refractivity contribution in [3.8, 4) is 5.75 Å². The molecule has 0 aliphatic carbocycles. The number of likely N-dealkylation sites (N-methyl/N-ethyl adjacent to an activating group) is 1. The Labute approximate surface area is 216 Å². The van der Waals surface area contributed by atoms with Crippen LogP contribution in [0.5, 0.6) is 5.75 Å². The first-order valence-corrected chi connectivity index (χ1v) is 12.2. The highest BCUT2D eigenvalue weighted by Gasteiger charge is 2.27. The number of anilines is 2. The van der Waals surface area contributed by atoms with E-state index in [1.165, 1.54) is 7.05 Å². The number of hydrogen-bond acceptors (Lipinski definition) is 8. The third-order valence-electron chi connectivity index (χ3n) is 6.00. The van der Waals surface area contributed by atoms with Gasteiger partial charge in [0.2, 0.25) is 5.95 Å². The fourth-order valence-corrected chi connectivity index (χ4v) is 4.00. The van der Waals surface area contributed by atoms with E-state index in [-0.39, 0.29) is 12.5 Å². The van der Waals surface area contributed by atoms with E-state index in [2.05, 4.69) is 20.6 Å². The fourth-order valence-electron chi connectivity index (χ4n) is 4.00. The second kappa shape index (κ2) is 12.1. The quantitative estimate of drug-likeness (QED) is 0.456. The van der Waals surface area contributed by atoms with Gasteiger partial charge in [0.05, 0.1) is 0 Å². The Kier molecular flexibility index (Phi) is 8.40. The maximum absolute atomic E-state index is 13.3. The number of alkyl carbamates (subject to hydrolysis) is 1. The number of ether oxygens (including phenoxy) is 2. The highest BCUT2D eigenvalue weighted by atomic mass is 16.6. The number of carbonyl (C=O) groups is 2. The van der Waals surface area contributed by atoms with Crippen LogP contribution in [0.15, 0.2) is 60.8 Å². The Morgan fingerprint density at radius 2 is 1.86 bits per heavy atom. The van der Waals surface area contributed by atoms with E-state index < -0.39 is 12.2 Å². The summed E-state index contributed by atoms with van der Waals surface area (Å²) in [6.45, 7) is 4.42. The molecule has 0 spiro atoms. The molecule has 0 bridgehead atoms. The summed E-state index contributed by atoms with van der Waals surface area (Å²) in [6.07, 6.45) is 0.618. The van der Waals surface area contributed by atoms with Gasteiger partial charge in [0, 0.05) is 46.5 Å². The van der Waals surface area contributed by atoms with Crippen molar-refractivity contribution in [1.82, 2.24) is 20.2 Å². The van der Waals surface area contributed by atoms with Gasteiger partial charge in [0.15, 0.2) is 6.10 Å². The van der Waals surface area contributed by atoms with Crippen LogP contribution >= 0.6 is 0 Å². The lowest BCUT2D eigenvalue weighted by atomic mass is 10.1. The summed E-state index contributed by atoms with van der Waals surface area (Å²) >= 11 is 0. The zero-order valence-electron chi connectivity index (χ0n) is 21.3. The van der Waals surface area contributed by atoms with Crippen molar-refractivity contribution in [1.29, 1.82) is 0 Å². The van der Waals surface area contributed by atoms with Gasteiger partial charge in [0.25, 0.3) is 5.91 Å². The van der Waals surface area contributed by atoms with Crippen LogP contribution < -0.4 is 20.3 Å². The number of rotatable bonds is 9. The SMILES string of the molecule is CCNc1ncc2c(n1)N(C)CCN(Cc1ccc(OC(COC(=O)NC)c3ccccc3)cc1)C2=O. The molecule has 10 nitrogen and oxygen atoms in total. The highest BCUT2D eigenvalue weighted by Crippen LogP contribution is 2.26. The van der Waals surface area contributed by atoms with Gasteiger partial charge in [-0.1, -0.05) is 42.5 Å². The van der Waals surface area contributed by atoms with E-state index in [9.17, 15) is 9.59 Å². The predicted octanol–water partition coefficient (Wildman–Crippen LogP) is 3.48. The van der Waals surface area contributed by atoms with Crippen molar-refractivity contribution >= 4 is 23.8 Å². The summed E-state index contributed by atoms with van der Waals surface area (Å²) in [7, 11) is 3.44. The molecule has 1 unspecified atom stereocenters. The summed E-state index contributed by atoms with van der Waals surface area (Å²) in [4.78, 5) is 37.5. The van der Waals surface area contributed by atoms with Crippen molar-refractivity contribution < 1.29 is 19.1 Å². The lowest BCUT2D eigenvalue weighted by Gasteiger charge is -2.22. The molecular weight excluding hydrogens is 472 g/mol. The molecule has 0 saturated carbocycles. The minimum Gasteiger partial charge on any atom is -0.482 e. The molecule has 37 heavy (non-hydrogen) atoms. The van der Waals surface area contributed by atoms with E-state index in [1.54, 1.807) is 11.1 Å². The molecule has 1 aromatic heterocycles. The molecule has 0 fully saturated rings. The summed E-state index contributed by atoms with van der Waals surface area (Å²) < 4.78 is 11.4. The second-order valence-corrected chi connectivity index (χ2v) is 8.62. The number of fused-ring (bicyclic) bond motifs is 1. The summed E-state index contributed by atoms with van der Waals surface area (Å²) in [5.41, 5.74) is 2.35. The van der Waals surface area contributed by atoms with Crippen molar-refractivity contribution in [3.63, 3.8) is 0 Å². The lowest BCUT2D eigenvalue weighted by Crippen LogP contribution is -2.33. The first kappa shape index (κ1) is 25.7. The normalized spacial score (nSPS) is 13.9. The molecule has 2 N–H and O–H groups in total. The molecule has 4 rings (SSSR count). The lowest BCUT2D eigenvalue weighted by molar-refractivity contribution is 0.0753. The second-order valence-electron chi connectivity index (χ2n) is 8.62. The molecule has 2 aromatic carbocycles. The Hall–Kier alpha value is -4.34. The number of benzene rings is 2. The number of nitrogens with zero attached hydrogens (tertiary/aromatic N) is 4. The monoisotopic (exact) mass is 504 g/mol. The number of aromatic nitrogens is 2. The number of amides is 2. The Morgan fingerprint density at radius 3 is 2.57 bits per heavy atom. The van der Waals surface area contributed by atoms with Gasteiger partial charge in [-0.2, -0.15) is 4.98 Å². The van der Waals surface area contributed by atoms with E-state index in [0.29, 0.717) is 49.3 Å². The minimum absolute atomic E-state index is 0.0677. The van der Waals surface area contributed by atoms with Gasteiger partial charge in [-0.15, -0.1) is 0 Å². The topological polar surface area (TPSA) is 109 Å². The van der Waals surface area contributed by atoms with Gasteiger partial charge in [-0.05, 0) is 30.2 Å². The van der Waals surface area contributed by atoms with Gasteiger partial charge in [-0.3, -0.25) is 4.79 Å². The Balaban J connectivity index is 1.45. The molecule has 10 heteroatoms. The maximum atomic E-state index is 13.3.